The van der Waals surface area contributed by atoms with E-state index in [1.54, 1.807) is 24.5 Å². The second-order valence-electron chi connectivity index (χ2n) is 3.37. The van der Waals surface area contributed by atoms with Crippen molar-refractivity contribution < 1.29 is 0 Å². The summed E-state index contributed by atoms with van der Waals surface area (Å²) in [7, 11) is 0. The van der Waals surface area contributed by atoms with Gasteiger partial charge >= 0.3 is 0 Å². The third kappa shape index (κ3) is 3.35. The summed E-state index contributed by atoms with van der Waals surface area (Å²) < 4.78 is 0. The molecule has 18 heavy (non-hydrogen) atoms. The van der Waals surface area contributed by atoms with Crippen LogP contribution in [0.1, 0.15) is 5.69 Å². The summed E-state index contributed by atoms with van der Waals surface area (Å²) in [6, 6.07) is 8.71. The molecular weight excluding hydrogens is 293 g/mol. The monoisotopic (exact) mass is 299 g/mol. The van der Waals surface area contributed by atoms with Crippen LogP contribution in [0.3, 0.4) is 0 Å². The number of aromatic nitrogens is 1. The zero-order chi connectivity index (χ0) is 13.0. The summed E-state index contributed by atoms with van der Waals surface area (Å²) >= 11 is 17.8. The smallest absolute Gasteiger partial charge is 0.0935 e. The van der Waals surface area contributed by atoms with Crippen LogP contribution in [0.15, 0.2) is 41.6 Å². The van der Waals surface area contributed by atoms with Crippen LogP contribution in [0, 0.1) is 0 Å². The molecule has 2 rings (SSSR count). The molecule has 0 aliphatic rings. The van der Waals surface area contributed by atoms with E-state index in [0.29, 0.717) is 20.8 Å². The number of rotatable bonds is 3. The van der Waals surface area contributed by atoms with Crippen LogP contribution in [0.4, 0.5) is 5.69 Å². The van der Waals surface area contributed by atoms with Gasteiger partial charge in [-0.3, -0.25) is 10.4 Å². The fourth-order valence-corrected chi connectivity index (χ4v) is 2.17. The molecule has 0 aliphatic heterocycles. The Hall–Kier alpha value is -1.29. The van der Waals surface area contributed by atoms with Crippen LogP contribution >= 0.6 is 34.8 Å². The Kier molecular flexibility index (Phi) is 4.42. The zero-order valence-corrected chi connectivity index (χ0v) is 11.3. The number of nitrogens with zero attached hydrogens (tertiary/aromatic N) is 2. The maximum atomic E-state index is 6.00. The van der Waals surface area contributed by atoms with Crippen LogP contribution in [0.5, 0.6) is 0 Å². The topological polar surface area (TPSA) is 37.3 Å². The normalized spacial score (nSPS) is 10.8. The minimum atomic E-state index is 0.408. The molecule has 92 valence electrons. The van der Waals surface area contributed by atoms with Crippen molar-refractivity contribution in [3.63, 3.8) is 0 Å². The Balaban J connectivity index is 2.14. The average molecular weight is 301 g/mol. The van der Waals surface area contributed by atoms with E-state index in [0.717, 1.165) is 5.69 Å². The number of hydrogen-bond acceptors (Lipinski definition) is 3. The van der Waals surface area contributed by atoms with E-state index in [9.17, 15) is 0 Å². The van der Waals surface area contributed by atoms with Crippen molar-refractivity contribution in [3.05, 3.63) is 57.3 Å². The molecule has 0 bridgehead atoms. The molecule has 3 nitrogen and oxygen atoms in total. The van der Waals surface area contributed by atoms with Gasteiger partial charge in [-0.2, -0.15) is 5.10 Å². The molecule has 1 N–H and O–H groups in total. The first-order valence-electron chi connectivity index (χ1n) is 5.01. The number of anilines is 1. The van der Waals surface area contributed by atoms with Crippen LogP contribution in [-0.4, -0.2) is 11.2 Å². The largest absolute Gasteiger partial charge is 0.275 e. The Morgan fingerprint density at radius 3 is 2.44 bits per heavy atom. The summed E-state index contributed by atoms with van der Waals surface area (Å²) in [5.41, 5.74) is 4.00. The standard InChI is InChI=1S/C12H8Cl3N3/c13-8-5-10(14)12(11(15)6-8)18-17-7-9-3-1-2-4-16-9/h1-7,18H/b17-7+. The van der Waals surface area contributed by atoms with Gasteiger partial charge in [-0.1, -0.05) is 40.9 Å². The third-order valence-electron chi connectivity index (χ3n) is 2.07. The van der Waals surface area contributed by atoms with Crippen LogP contribution in [0.25, 0.3) is 0 Å². The summed E-state index contributed by atoms with van der Waals surface area (Å²) in [5.74, 6) is 0. The molecule has 0 unspecified atom stereocenters. The first kappa shape index (κ1) is 13.1. The molecule has 0 saturated heterocycles. The highest BCUT2D eigenvalue weighted by Crippen LogP contribution is 2.33. The molecule has 0 radical (unpaired) electrons. The van der Waals surface area contributed by atoms with E-state index in [-0.39, 0.29) is 0 Å². The Bertz CT molecular complexity index is 547. The lowest BCUT2D eigenvalue weighted by Crippen LogP contribution is -1.94. The lowest BCUT2D eigenvalue weighted by atomic mass is 10.3. The maximum absolute atomic E-state index is 6.00. The minimum Gasteiger partial charge on any atom is -0.275 e. The zero-order valence-electron chi connectivity index (χ0n) is 9.07. The van der Waals surface area contributed by atoms with Gasteiger partial charge in [-0.15, -0.1) is 0 Å². The van der Waals surface area contributed by atoms with E-state index >= 15 is 0 Å². The first-order chi connectivity index (χ1) is 8.66. The highest BCUT2D eigenvalue weighted by atomic mass is 35.5. The van der Waals surface area contributed by atoms with Gasteiger partial charge in [0, 0.05) is 11.2 Å². The number of benzene rings is 1. The number of pyridine rings is 1. The molecule has 0 fully saturated rings. The van der Waals surface area contributed by atoms with E-state index in [1.165, 1.54) is 0 Å². The highest BCUT2D eigenvalue weighted by Gasteiger charge is 2.06. The van der Waals surface area contributed by atoms with E-state index < -0.39 is 0 Å². The second-order valence-corrected chi connectivity index (χ2v) is 4.62. The molecule has 2 aromatic rings. The Morgan fingerprint density at radius 2 is 1.83 bits per heavy atom. The van der Waals surface area contributed by atoms with Crippen molar-refractivity contribution in [2.24, 2.45) is 5.10 Å². The fourth-order valence-electron chi connectivity index (χ4n) is 1.26. The summed E-state index contributed by atoms with van der Waals surface area (Å²) in [4.78, 5) is 4.09. The minimum absolute atomic E-state index is 0.408. The van der Waals surface area contributed by atoms with Crippen LogP contribution < -0.4 is 5.43 Å². The Labute approximate surface area is 119 Å². The fraction of sp³-hybridized carbons (Fsp3) is 0. The molecule has 1 aromatic carbocycles. The molecule has 0 atom stereocenters. The number of nitrogens with one attached hydrogen (secondary N) is 1. The van der Waals surface area contributed by atoms with E-state index in [2.05, 4.69) is 15.5 Å². The van der Waals surface area contributed by atoms with Gasteiger partial charge in [-0.25, -0.2) is 0 Å². The van der Waals surface area contributed by atoms with Crippen LogP contribution in [0.2, 0.25) is 15.1 Å². The van der Waals surface area contributed by atoms with Crippen molar-refractivity contribution >= 4 is 46.7 Å². The SMILES string of the molecule is Clc1cc(Cl)c(N/N=C/c2ccccn2)c(Cl)c1. The first-order valence-corrected chi connectivity index (χ1v) is 6.15. The number of halogens is 3. The van der Waals surface area contributed by atoms with Crippen molar-refractivity contribution in [1.29, 1.82) is 0 Å². The van der Waals surface area contributed by atoms with Crippen molar-refractivity contribution in [2.45, 2.75) is 0 Å². The van der Waals surface area contributed by atoms with E-state index in [4.69, 9.17) is 34.8 Å². The van der Waals surface area contributed by atoms with Gasteiger partial charge in [0.25, 0.3) is 0 Å². The molecular formula is C12H8Cl3N3. The van der Waals surface area contributed by atoms with Gasteiger partial charge in [-0.05, 0) is 24.3 Å². The predicted octanol–water partition coefficient (Wildman–Crippen LogP) is 4.49. The lowest BCUT2D eigenvalue weighted by Gasteiger charge is -2.06. The lowest BCUT2D eigenvalue weighted by molar-refractivity contribution is 1.28. The number of hydrazone groups is 1. The van der Waals surface area contributed by atoms with Gasteiger partial charge in [0.2, 0.25) is 0 Å². The van der Waals surface area contributed by atoms with Crippen molar-refractivity contribution in [2.75, 3.05) is 5.43 Å². The van der Waals surface area contributed by atoms with Gasteiger partial charge in [0.15, 0.2) is 0 Å². The van der Waals surface area contributed by atoms with Crippen molar-refractivity contribution in [1.82, 2.24) is 4.98 Å². The van der Waals surface area contributed by atoms with Gasteiger partial charge in [0.1, 0.15) is 0 Å². The quantitative estimate of drug-likeness (QED) is 0.670. The molecule has 1 aromatic heterocycles. The molecule has 1 heterocycles. The third-order valence-corrected chi connectivity index (χ3v) is 2.88. The summed E-state index contributed by atoms with van der Waals surface area (Å²) in [6.45, 7) is 0. The van der Waals surface area contributed by atoms with Gasteiger partial charge < -0.3 is 0 Å². The average Bonchev–Trinajstić information content (AvgIpc) is 2.34. The predicted molar refractivity (Wildman–Crippen MR) is 76.9 cm³/mol. The van der Waals surface area contributed by atoms with E-state index in [1.807, 2.05) is 18.2 Å². The van der Waals surface area contributed by atoms with Crippen molar-refractivity contribution in [3.8, 4) is 0 Å². The number of hydrogen-bond donors (Lipinski definition) is 1. The Morgan fingerprint density at radius 1 is 1.11 bits per heavy atom. The van der Waals surface area contributed by atoms with Crippen LogP contribution in [-0.2, 0) is 0 Å². The molecule has 0 amide bonds. The van der Waals surface area contributed by atoms with Gasteiger partial charge in [0.05, 0.1) is 27.6 Å². The maximum Gasteiger partial charge on any atom is 0.0935 e. The highest BCUT2D eigenvalue weighted by molar-refractivity contribution is 6.41. The second kappa shape index (κ2) is 6.05. The molecule has 0 saturated carbocycles. The summed E-state index contributed by atoms with van der Waals surface area (Å²) in [5, 5.41) is 5.31. The molecule has 6 heteroatoms. The molecule has 0 aliphatic carbocycles. The summed E-state index contributed by atoms with van der Waals surface area (Å²) in [6.07, 6.45) is 3.25. The molecule has 0 spiro atoms.